The van der Waals surface area contributed by atoms with Crippen LogP contribution in [0.1, 0.15) is 33.1 Å². The number of piperidine rings is 1. The average Bonchev–Trinajstić information content (AvgIpc) is 3.10. The van der Waals surface area contributed by atoms with E-state index in [4.69, 9.17) is 9.15 Å². The van der Waals surface area contributed by atoms with E-state index in [1.54, 1.807) is 0 Å². The van der Waals surface area contributed by atoms with Gasteiger partial charge in [-0.05, 0) is 57.4 Å². The molecule has 1 amide bonds. The summed E-state index contributed by atoms with van der Waals surface area (Å²) in [7, 11) is 0. The second-order valence-electron chi connectivity index (χ2n) is 6.05. The van der Waals surface area contributed by atoms with Crippen molar-refractivity contribution in [3.8, 4) is 17.2 Å². The van der Waals surface area contributed by atoms with Gasteiger partial charge in [-0.2, -0.15) is 0 Å². The third-order valence-electron chi connectivity index (χ3n) is 4.26. The van der Waals surface area contributed by atoms with Crippen LogP contribution in [-0.4, -0.2) is 46.0 Å². The molecule has 2 heterocycles. The summed E-state index contributed by atoms with van der Waals surface area (Å²) in [6, 6.07) is 7.83. The Morgan fingerprint density at radius 2 is 2.12 bits per heavy atom. The molecule has 0 unspecified atom stereocenters. The monoisotopic (exact) mass is 361 g/mol. The number of amides is 1. The molecule has 1 saturated heterocycles. The summed E-state index contributed by atoms with van der Waals surface area (Å²) in [6.07, 6.45) is 3.37. The average molecular weight is 361 g/mol. The van der Waals surface area contributed by atoms with Gasteiger partial charge in [0.15, 0.2) is 0 Å². The number of hydrogen-bond acceptors (Lipinski definition) is 6. The van der Waals surface area contributed by atoms with Crippen LogP contribution in [0, 0.1) is 0 Å². The maximum Gasteiger partial charge on any atom is 0.277 e. The molecule has 0 radical (unpaired) electrons. The van der Waals surface area contributed by atoms with Crippen LogP contribution in [0.25, 0.3) is 11.5 Å². The van der Waals surface area contributed by atoms with Crippen LogP contribution >= 0.6 is 11.8 Å². The number of carbonyl (C=O) groups excluding carboxylic acids is 1. The Labute approximate surface area is 151 Å². The van der Waals surface area contributed by atoms with Crippen molar-refractivity contribution in [3.63, 3.8) is 0 Å². The SMILES string of the molecule is CCOc1ccc(-c2nnc(SCC(=O)N3CCCC[C@H]3C)o2)cc1. The van der Waals surface area contributed by atoms with Crippen molar-refractivity contribution >= 4 is 17.7 Å². The van der Waals surface area contributed by atoms with Crippen molar-refractivity contribution in [1.82, 2.24) is 15.1 Å². The highest BCUT2D eigenvalue weighted by atomic mass is 32.2. The highest BCUT2D eigenvalue weighted by Gasteiger charge is 2.23. The van der Waals surface area contributed by atoms with Gasteiger partial charge in [0.2, 0.25) is 11.8 Å². The number of benzene rings is 1. The lowest BCUT2D eigenvalue weighted by Crippen LogP contribution is -2.42. The number of carbonyl (C=O) groups is 1. The largest absolute Gasteiger partial charge is 0.494 e. The Balaban J connectivity index is 1.57. The van der Waals surface area contributed by atoms with Crippen LogP contribution in [0.5, 0.6) is 5.75 Å². The van der Waals surface area contributed by atoms with Crippen molar-refractivity contribution in [3.05, 3.63) is 24.3 Å². The van der Waals surface area contributed by atoms with E-state index in [1.807, 2.05) is 36.1 Å². The number of likely N-dealkylation sites (tertiary alicyclic amines) is 1. The molecule has 3 rings (SSSR count). The van der Waals surface area contributed by atoms with Crippen LogP contribution in [0.2, 0.25) is 0 Å². The summed E-state index contributed by atoms with van der Waals surface area (Å²) in [5, 5.41) is 8.51. The zero-order chi connectivity index (χ0) is 17.6. The molecule has 1 aliphatic heterocycles. The molecule has 1 aliphatic rings. The van der Waals surface area contributed by atoms with Crippen molar-refractivity contribution in [2.24, 2.45) is 0 Å². The molecule has 6 nitrogen and oxygen atoms in total. The first kappa shape index (κ1) is 17.8. The zero-order valence-electron chi connectivity index (χ0n) is 14.6. The van der Waals surface area contributed by atoms with Crippen molar-refractivity contribution in [2.45, 2.75) is 44.4 Å². The molecule has 1 atom stereocenters. The first-order valence-electron chi connectivity index (χ1n) is 8.66. The molecule has 0 N–H and O–H groups in total. The standard InChI is InChI=1S/C18H23N3O3S/c1-3-23-15-9-7-14(8-10-15)17-19-20-18(24-17)25-12-16(22)21-11-5-4-6-13(21)2/h7-10,13H,3-6,11-12H2,1-2H3/t13-/m1/s1. The molecular weight excluding hydrogens is 338 g/mol. The van der Waals surface area contributed by atoms with Crippen LogP contribution in [0.3, 0.4) is 0 Å². The number of hydrogen-bond donors (Lipinski definition) is 0. The van der Waals surface area contributed by atoms with E-state index in [9.17, 15) is 4.79 Å². The Bertz CT molecular complexity index is 702. The molecule has 25 heavy (non-hydrogen) atoms. The van der Waals surface area contributed by atoms with Crippen LogP contribution in [0.15, 0.2) is 33.9 Å². The Hall–Kier alpha value is -2.02. The number of aromatic nitrogens is 2. The predicted molar refractivity (Wildman–Crippen MR) is 96.7 cm³/mol. The summed E-state index contributed by atoms with van der Waals surface area (Å²) in [4.78, 5) is 14.3. The molecule has 1 aromatic carbocycles. The normalized spacial score (nSPS) is 17.5. The van der Waals surface area contributed by atoms with Crippen molar-refractivity contribution in [1.29, 1.82) is 0 Å². The molecule has 134 valence electrons. The fourth-order valence-corrected chi connectivity index (χ4v) is 3.57. The highest BCUT2D eigenvalue weighted by Crippen LogP contribution is 2.26. The molecule has 0 bridgehead atoms. The van der Waals surface area contributed by atoms with E-state index >= 15 is 0 Å². The third kappa shape index (κ3) is 4.54. The van der Waals surface area contributed by atoms with E-state index in [0.717, 1.165) is 30.7 Å². The molecule has 2 aromatic rings. The minimum Gasteiger partial charge on any atom is -0.494 e. The van der Waals surface area contributed by atoms with Gasteiger partial charge in [-0.15, -0.1) is 10.2 Å². The van der Waals surface area contributed by atoms with Crippen molar-refractivity contribution < 1.29 is 13.9 Å². The summed E-state index contributed by atoms with van der Waals surface area (Å²) < 4.78 is 11.1. The van der Waals surface area contributed by atoms with Gasteiger partial charge >= 0.3 is 0 Å². The zero-order valence-corrected chi connectivity index (χ0v) is 15.4. The van der Waals surface area contributed by atoms with Crippen LogP contribution in [-0.2, 0) is 4.79 Å². The Morgan fingerprint density at radius 1 is 1.32 bits per heavy atom. The van der Waals surface area contributed by atoms with Gasteiger partial charge in [0, 0.05) is 18.2 Å². The lowest BCUT2D eigenvalue weighted by Gasteiger charge is -2.33. The van der Waals surface area contributed by atoms with Gasteiger partial charge in [-0.3, -0.25) is 4.79 Å². The second kappa shape index (κ2) is 8.38. The molecule has 0 spiro atoms. The maximum atomic E-state index is 12.4. The molecule has 0 saturated carbocycles. The van der Waals surface area contributed by atoms with Crippen LogP contribution < -0.4 is 4.74 Å². The van der Waals surface area contributed by atoms with Gasteiger partial charge in [-0.1, -0.05) is 11.8 Å². The molecule has 0 aliphatic carbocycles. The highest BCUT2D eigenvalue weighted by molar-refractivity contribution is 7.99. The van der Waals surface area contributed by atoms with E-state index < -0.39 is 0 Å². The van der Waals surface area contributed by atoms with Crippen molar-refractivity contribution in [2.75, 3.05) is 18.9 Å². The first-order chi connectivity index (χ1) is 12.2. The van der Waals surface area contributed by atoms with Gasteiger partial charge in [0.05, 0.1) is 12.4 Å². The van der Waals surface area contributed by atoms with Gasteiger partial charge < -0.3 is 14.1 Å². The minimum absolute atomic E-state index is 0.137. The minimum atomic E-state index is 0.137. The van der Waals surface area contributed by atoms with E-state index in [1.165, 1.54) is 18.2 Å². The molecular formula is C18H23N3O3S. The van der Waals surface area contributed by atoms with E-state index in [2.05, 4.69) is 17.1 Å². The topological polar surface area (TPSA) is 68.5 Å². The van der Waals surface area contributed by atoms with E-state index in [0.29, 0.717) is 29.5 Å². The van der Waals surface area contributed by atoms with Gasteiger partial charge in [-0.25, -0.2) is 0 Å². The number of rotatable bonds is 6. The fourth-order valence-electron chi connectivity index (χ4n) is 2.92. The summed E-state index contributed by atoms with van der Waals surface area (Å²) in [6.45, 7) is 5.53. The summed E-state index contributed by atoms with van der Waals surface area (Å²) in [5.74, 6) is 1.72. The van der Waals surface area contributed by atoms with Crippen LogP contribution in [0.4, 0.5) is 0 Å². The number of thioether (sulfide) groups is 1. The fraction of sp³-hybridized carbons (Fsp3) is 0.500. The smallest absolute Gasteiger partial charge is 0.277 e. The molecule has 1 aromatic heterocycles. The summed E-state index contributed by atoms with van der Waals surface area (Å²) >= 11 is 1.29. The van der Waals surface area contributed by atoms with E-state index in [-0.39, 0.29) is 5.91 Å². The van der Waals surface area contributed by atoms with Gasteiger partial charge in [0.25, 0.3) is 5.22 Å². The first-order valence-corrected chi connectivity index (χ1v) is 9.65. The predicted octanol–water partition coefficient (Wildman–Crippen LogP) is 3.63. The summed E-state index contributed by atoms with van der Waals surface area (Å²) in [5.41, 5.74) is 0.832. The molecule has 7 heteroatoms. The third-order valence-corrected chi connectivity index (χ3v) is 5.06. The lowest BCUT2D eigenvalue weighted by molar-refractivity contribution is -0.131. The Kier molecular flexibility index (Phi) is 5.96. The van der Waals surface area contributed by atoms with Gasteiger partial charge in [0.1, 0.15) is 5.75 Å². The molecule has 1 fully saturated rings. The second-order valence-corrected chi connectivity index (χ2v) is 6.98. The quantitative estimate of drug-likeness (QED) is 0.732. The number of ether oxygens (including phenoxy) is 1. The number of nitrogens with zero attached hydrogens (tertiary/aromatic N) is 3. The Morgan fingerprint density at radius 3 is 2.84 bits per heavy atom. The maximum absolute atomic E-state index is 12.4. The lowest BCUT2D eigenvalue weighted by atomic mass is 10.0.